The molecule has 0 atom stereocenters. The first-order chi connectivity index (χ1) is 8.99. The summed E-state index contributed by atoms with van der Waals surface area (Å²) in [5.74, 6) is -1.38. The van der Waals surface area contributed by atoms with Crippen molar-refractivity contribution >= 4 is 5.97 Å². The van der Waals surface area contributed by atoms with Gasteiger partial charge in [-0.2, -0.15) is 0 Å². The van der Waals surface area contributed by atoms with E-state index < -0.39 is 11.8 Å². The van der Waals surface area contributed by atoms with E-state index in [0.717, 1.165) is 0 Å². The summed E-state index contributed by atoms with van der Waals surface area (Å²) in [6, 6.07) is 5.89. The molecule has 0 aliphatic heterocycles. The number of nitrogens with zero attached hydrogens (tertiary/aromatic N) is 1. The molecule has 98 valence electrons. The van der Waals surface area contributed by atoms with Crippen LogP contribution in [0.25, 0.3) is 0 Å². The van der Waals surface area contributed by atoms with Gasteiger partial charge < -0.3 is 9.84 Å². The van der Waals surface area contributed by atoms with Crippen molar-refractivity contribution in [3.63, 3.8) is 0 Å². The van der Waals surface area contributed by atoms with Crippen LogP contribution in [0.2, 0.25) is 0 Å². The van der Waals surface area contributed by atoms with Crippen molar-refractivity contribution in [2.45, 2.75) is 13.8 Å². The molecule has 2 rings (SSSR count). The lowest BCUT2D eigenvalue weighted by Gasteiger charge is -2.09. The molecule has 19 heavy (non-hydrogen) atoms. The third-order valence-corrected chi connectivity index (χ3v) is 2.70. The number of aryl methyl sites for hydroxylation is 2. The summed E-state index contributed by atoms with van der Waals surface area (Å²) in [6.07, 6.45) is 1.45. The third-order valence-electron chi connectivity index (χ3n) is 2.70. The molecule has 0 spiro atoms. The van der Waals surface area contributed by atoms with Crippen LogP contribution >= 0.6 is 0 Å². The van der Waals surface area contributed by atoms with Crippen molar-refractivity contribution in [3.8, 4) is 11.6 Å². The van der Waals surface area contributed by atoms with Crippen LogP contribution in [-0.4, -0.2) is 16.1 Å². The summed E-state index contributed by atoms with van der Waals surface area (Å²) in [5.41, 5.74) is 0.997. The molecule has 0 aliphatic rings. The van der Waals surface area contributed by atoms with Gasteiger partial charge in [-0.15, -0.1) is 0 Å². The van der Waals surface area contributed by atoms with Gasteiger partial charge in [-0.25, -0.2) is 14.2 Å². The quantitative estimate of drug-likeness (QED) is 0.920. The molecule has 0 radical (unpaired) electrons. The van der Waals surface area contributed by atoms with E-state index >= 15 is 0 Å². The van der Waals surface area contributed by atoms with E-state index in [2.05, 4.69) is 4.98 Å². The Labute approximate surface area is 109 Å². The maximum Gasteiger partial charge on any atom is 0.341 e. The number of carboxylic acid groups (broad SMARTS) is 1. The number of benzene rings is 1. The van der Waals surface area contributed by atoms with Gasteiger partial charge in [0.25, 0.3) is 0 Å². The average molecular weight is 261 g/mol. The number of halogens is 1. The number of hydrogen-bond donors (Lipinski definition) is 1. The monoisotopic (exact) mass is 261 g/mol. The molecule has 0 saturated heterocycles. The molecule has 0 amide bonds. The zero-order chi connectivity index (χ0) is 14.0. The minimum atomic E-state index is -1.13. The van der Waals surface area contributed by atoms with E-state index in [0.29, 0.717) is 11.1 Å². The Morgan fingerprint density at radius 2 is 2.00 bits per heavy atom. The highest BCUT2D eigenvalue weighted by molar-refractivity contribution is 5.91. The van der Waals surface area contributed by atoms with Gasteiger partial charge in [-0.1, -0.05) is 6.07 Å². The molecule has 5 heteroatoms. The summed E-state index contributed by atoms with van der Waals surface area (Å²) in [4.78, 5) is 15.0. The molecule has 4 nitrogen and oxygen atoms in total. The number of carboxylic acids is 1. The van der Waals surface area contributed by atoms with Crippen molar-refractivity contribution in [1.82, 2.24) is 4.98 Å². The second kappa shape index (κ2) is 5.06. The standard InChI is InChI=1S/C14H12FNO3/c1-8-3-4-10(7-11(8)15)19-13-12(14(17)18)9(2)5-6-16-13/h3-7H,1-2H3,(H,17,18). The Morgan fingerprint density at radius 3 is 2.63 bits per heavy atom. The largest absolute Gasteiger partial charge is 0.477 e. The van der Waals surface area contributed by atoms with Crippen LogP contribution in [0.3, 0.4) is 0 Å². The number of carbonyl (C=O) groups is 1. The highest BCUT2D eigenvalue weighted by Gasteiger charge is 2.16. The van der Waals surface area contributed by atoms with Gasteiger partial charge >= 0.3 is 5.97 Å². The summed E-state index contributed by atoms with van der Waals surface area (Å²) < 4.78 is 18.8. The topological polar surface area (TPSA) is 59.4 Å². The molecule has 0 aliphatic carbocycles. The molecule has 2 aromatic rings. The number of aromatic carboxylic acids is 1. The Balaban J connectivity index is 2.40. The summed E-state index contributed by atoms with van der Waals surface area (Å²) in [5, 5.41) is 9.13. The van der Waals surface area contributed by atoms with Crippen molar-refractivity contribution in [2.24, 2.45) is 0 Å². The first-order valence-corrected chi connectivity index (χ1v) is 5.62. The lowest BCUT2D eigenvalue weighted by atomic mass is 10.1. The molecule has 0 saturated carbocycles. The van der Waals surface area contributed by atoms with Crippen LogP contribution in [0.15, 0.2) is 30.5 Å². The predicted octanol–water partition coefficient (Wildman–Crippen LogP) is 3.33. The predicted molar refractivity (Wildman–Crippen MR) is 67.1 cm³/mol. The van der Waals surface area contributed by atoms with Gasteiger partial charge in [0.05, 0.1) is 0 Å². The van der Waals surface area contributed by atoms with E-state index in [1.807, 2.05) is 0 Å². The second-order valence-corrected chi connectivity index (χ2v) is 4.13. The van der Waals surface area contributed by atoms with Crippen LogP contribution in [0.5, 0.6) is 11.6 Å². The number of rotatable bonds is 3. The highest BCUT2D eigenvalue weighted by atomic mass is 19.1. The minimum absolute atomic E-state index is 0.0246. The Kier molecular flexibility index (Phi) is 3.46. The fourth-order valence-corrected chi connectivity index (χ4v) is 1.62. The van der Waals surface area contributed by atoms with Gasteiger partial charge in [0.1, 0.15) is 17.1 Å². The number of ether oxygens (including phenoxy) is 1. The number of aromatic nitrogens is 1. The van der Waals surface area contributed by atoms with E-state index in [4.69, 9.17) is 9.84 Å². The lowest BCUT2D eigenvalue weighted by molar-refractivity contribution is 0.0692. The molecule has 0 fully saturated rings. The second-order valence-electron chi connectivity index (χ2n) is 4.13. The fourth-order valence-electron chi connectivity index (χ4n) is 1.62. The molecule has 1 aromatic carbocycles. The summed E-state index contributed by atoms with van der Waals surface area (Å²) >= 11 is 0. The number of pyridine rings is 1. The molecule has 0 unspecified atom stereocenters. The Morgan fingerprint density at radius 1 is 1.26 bits per heavy atom. The van der Waals surface area contributed by atoms with Crippen LogP contribution in [-0.2, 0) is 0 Å². The zero-order valence-electron chi connectivity index (χ0n) is 10.5. The maximum atomic E-state index is 13.4. The normalized spacial score (nSPS) is 10.3. The van der Waals surface area contributed by atoms with E-state index in [9.17, 15) is 9.18 Å². The van der Waals surface area contributed by atoms with Gasteiger partial charge in [-0.3, -0.25) is 0 Å². The Bertz CT molecular complexity index is 641. The molecule has 0 bridgehead atoms. The van der Waals surface area contributed by atoms with Crippen molar-refractivity contribution < 1.29 is 19.0 Å². The zero-order valence-corrected chi connectivity index (χ0v) is 10.5. The van der Waals surface area contributed by atoms with E-state index in [-0.39, 0.29) is 17.2 Å². The third kappa shape index (κ3) is 2.70. The van der Waals surface area contributed by atoms with Crippen molar-refractivity contribution in [3.05, 3.63) is 53.0 Å². The SMILES string of the molecule is Cc1ccc(Oc2nccc(C)c2C(=O)O)cc1F. The molecule has 1 N–H and O–H groups in total. The first-order valence-electron chi connectivity index (χ1n) is 5.62. The fraction of sp³-hybridized carbons (Fsp3) is 0.143. The van der Waals surface area contributed by atoms with Gasteiger partial charge in [0.15, 0.2) is 0 Å². The molecule has 1 aromatic heterocycles. The van der Waals surface area contributed by atoms with Gasteiger partial charge in [0, 0.05) is 12.3 Å². The molecular formula is C14H12FNO3. The van der Waals surface area contributed by atoms with Gasteiger partial charge in [0.2, 0.25) is 5.88 Å². The molecule has 1 heterocycles. The minimum Gasteiger partial charge on any atom is -0.477 e. The van der Waals surface area contributed by atoms with E-state index in [1.54, 1.807) is 32.0 Å². The molecular weight excluding hydrogens is 249 g/mol. The van der Waals surface area contributed by atoms with Crippen LogP contribution in [0.1, 0.15) is 21.5 Å². The average Bonchev–Trinajstić information content (AvgIpc) is 2.33. The lowest BCUT2D eigenvalue weighted by Crippen LogP contribution is -2.04. The van der Waals surface area contributed by atoms with E-state index in [1.165, 1.54) is 12.3 Å². The van der Waals surface area contributed by atoms with Crippen molar-refractivity contribution in [2.75, 3.05) is 0 Å². The highest BCUT2D eigenvalue weighted by Crippen LogP contribution is 2.26. The Hall–Kier alpha value is -2.43. The van der Waals surface area contributed by atoms with Gasteiger partial charge in [-0.05, 0) is 37.1 Å². The first kappa shape index (κ1) is 13.0. The maximum absolute atomic E-state index is 13.4. The smallest absolute Gasteiger partial charge is 0.341 e. The summed E-state index contributed by atoms with van der Waals surface area (Å²) in [7, 11) is 0. The summed E-state index contributed by atoms with van der Waals surface area (Å²) in [6.45, 7) is 3.28. The van der Waals surface area contributed by atoms with Crippen LogP contribution < -0.4 is 4.74 Å². The number of hydrogen-bond acceptors (Lipinski definition) is 3. The van der Waals surface area contributed by atoms with Crippen molar-refractivity contribution in [1.29, 1.82) is 0 Å². The van der Waals surface area contributed by atoms with Crippen LogP contribution in [0, 0.1) is 19.7 Å². The van der Waals surface area contributed by atoms with Crippen LogP contribution in [0.4, 0.5) is 4.39 Å².